The molecule has 0 spiro atoms. The van der Waals surface area contributed by atoms with Gasteiger partial charge >= 0.3 is 6.18 Å². The fourth-order valence-corrected chi connectivity index (χ4v) is 2.23. The van der Waals surface area contributed by atoms with E-state index < -0.39 is 18.0 Å². The van der Waals surface area contributed by atoms with E-state index in [4.69, 9.17) is 5.84 Å². The zero-order valence-electron chi connectivity index (χ0n) is 10.7. The molecule has 20 heavy (non-hydrogen) atoms. The third-order valence-electron chi connectivity index (χ3n) is 3.32. The summed E-state index contributed by atoms with van der Waals surface area (Å²) in [6.07, 6.45) is -2.49. The SMILES string of the molecule is NNc1ccnc(C(=O)N2CCCC(C(F)(F)F)C2)c1. The highest BCUT2D eigenvalue weighted by atomic mass is 19.4. The van der Waals surface area contributed by atoms with Gasteiger partial charge in [0.05, 0.1) is 11.6 Å². The molecule has 3 N–H and O–H groups in total. The van der Waals surface area contributed by atoms with Gasteiger partial charge in [-0.2, -0.15) is 13.2 Å². The number of likely N-dealkylation sites (tertiary alicyclic amines) is 1. The second-order valence-corrected chi connectivity index (χ2v) is 4.71. The predicted molar refractivity (Wildman–Crippen MR) is 66.7 cm³/mol. The number of alkyl halides is 3. The van der Waals surface area contributed by atoms with Gasteiger partial charge in [0.15, 0.2) is 0 Å². The molecule has 1 saturated heterocycles. The summed E-state index contributed by atoms with van der Waals surface area (Å²) in [7, 11) is 0. The van der Waals surface area contributed by atoms with Crippen molar-refractivity contribution in [3.05, 3.63) is 24.0 Å². The van der Waals surface area contributed by atoms with Gasteiger partial charge < -0.3 is 10.3 Å². The number of carbonyl (C=O) groups is 1. The summed E-state index contributed by atoms with van der Waals surface area (Å²) in [6.45, 7) is -0.00231. The number of aromatic nitrogens is 1. The number of carbonyl (C=O) groups excluding carboxylic acids is 1. The highest BCUT2D eigenvalue weighted by Crippen LogP contribution is 2.33. The fraction of sp³-hybridized carbons (Fsp3) is 0.500. The van der Waals surface area contributed by atoms with Crippen molar-refractivity contribution >= 4 is 11.6 Å². The first kappa shape index (κ1) is 14.6. The van der Waals surface area contributed by atoms with Crippen LogP contribution >= 0.6 is 0 Å². The second-order valence-electron chi connectivity index (χ2n) is 4.71. The maximum absolute atomic E-state index is 12.7. The number of nitrogens with zero attached hydrogens (tertiary/aromatic N) is 2. The van der Waals surface area contributed by atoms with Crippen molar-refractivity contribution in [3.63, 3.8) is 0 Å². The smallest absolute Gasteiger partial charge is 0.337 e. The average Bonchev–Trinajstić information content (AvgIpc) is 2.46. The van der Waals surface area contributed by atoms with Crippen LogP contribution in [0.25, 0.3) is 0 Å². The van der Waals surface area contributed by atoms with Crippen LogP contribution in [0.15, 0.2) is 18.3 Å². The second kappa shape index (κ2) is 5.66. The summed E-state index contributed by atoms with van der Waals surface area (Å²) in [5, 5.41) is 0. The Labute approximate surface area is 113 Å². The number of piperidine rings is 1. The monoisotopic (exact) mass is 288 g/mol. The zero-order chi connectivity index (χ0) is 14.8. The lowest BCUT2D eigenvalue weighted by molar-refractivity contribution is -0.184. The number of hydrazine groups is 1. The van der Waals surface area contributed by atoms with Crippen LogP contribution in [-0.4, -0.2) is 35.1 Å². The number of halogens is 3. The Morgan fingerprint density at radius 1 is 1.50 bits per heavy atom. The Morgan fingerprint density at radius 3 is 2.90 bits per heavy atom. The van der Waals surface area contributed by atoms with Crippen LogP contribution in [0.3, 0.4) is 0 Å². The Morgan fingerprint density at radius 2 is 2.25 bits per heavy atom. The van der Waals surface area contributed by atoms with Gasteiger partial charge in [-0.25, -0.2) is 0 Å². The number of hydrogen-bond acceptors (Lipinski definition) is 4. The van der Waals surface area contributed by atoms with E-state index in [1.165, 1.54) is 17.2 Å². The summed E-state index contributed by atoms with van der Waals surface area (Å²) in [4.78, 5) is 17.2. The Hall–Kier alpha value is -1.83. The topological polar surface area (TPSA) is 71.2 Å². The average molecular weight is 288 g/mol. The minimum atomic E-state index is -4.27. The number of amides is 1. The summed E-state index contributed by atoms with van der Waals surface area (Å²) in [5.41, 5.74) is 2.93. The van der Waals surface area contributed by atoms with Gasteiger partial charge in [0.25, 0.3) is 5.91 Å². The molecule has 1 unspecified atom stereocenters. The van der Waals surface area contributed by atoms with Crippen LogP contribution in [0.2, 0.25) is 0 Å². The molecule has 5 nitrogen and oxygen atoms in total. The first-order chi connectivity index (χ1) is 9.41. The van der Waals surface area contributed by atoms with Gasteiger partial charge in [-0.15, -0.1) is 0 Å². The number of anilines is 1. The van der Waals surface area contributed by atoms with E-state index in [-0.39, 0.29) is 18.7 Å². The Kier molecular flexibility index (Phi) is 4.12. The third kappa shape index (κ3) is 3.19. The van der Waals surface area contributed by atoms with Crippen LogP contribution in [-0.2, 0) is 0 Å². The highest BCUT2D eigenvalue weighted by Gasteiger charge is 2.42. The van der Waals surface area contributed by atoms with Crippen molar-refractivity contribution in [2.45, 2.75) is 19.0 Å². The quantitative estimate of drug-likeness (QED) is 0.643. The molecule has 1 aromatic heterocycles. The molecule has 1 atom stereocenters. The van der Waals surface area contributed by atoms with Crippen molar-refractivity contribution in [2.75, 3.05) is 18.5 Å². The molecule has 1 aromatic rings. The van der Waals surface area contributed by atoms with E-state index in [9.17, 15) is 18.0 Å². The molecule has 1 fully saturated rings. The minimum absolute atomic E-state index is 0.0606. The molecule has 2 rings (SSSR count). The van der Waals surface area contributed by atoms with E-state index >= 15 is 0 Å². The first-order valence-corrected chi connectivity index (χ1v) is 6.20. The lowest BCUT2D eigenvalue weighted by Gasteiger charge is -2.33. The van der Waals surface area contributed by atoms with Crippen molar-refractivity contribution in [3.8, 4) is 0 Å². The number of pyridine rings is 1. The molecule has 1 amide bonds. The standard InChI is InChI=1S/C12H15F3N4O/c13-12(14,15)8-2-1-5-19(7-8)11(20)10-6-9(18-16)3-4-17-10/h3-4,6,8H,1-2,5,7,16H2,(H,17,18). The molecule has 1 aliphatic rings. The van der Waals surface area contributed by atoms with E-state index in [0.29, 0.717) is 18.7 Å². The van der Waals surface area contributed by atoms with Crippen molar-refractivity contribution < 1.29 is 18.0 Å². The molecule has 2 heterocycles. The minimum Gasteiger partial charge on any atom is -0.337 e. The molecule has 0 radical (unpaired) electrons. The Bertz CT molecular complexity index is 492. The Balaban J connectivity index is 2.12. The number of nitrogen functional groups attached to an aromatic ring is 1. The normalized spacial score (nSPS) is 19.8. The molecule has 0 bridgehead atoms. The lowest BCUT2D eigenvalue weighted by Crippen LogP contribution is -2.44. The predicted octanol–water partition coefficient (Wildman–Crippen LogP) is 1.78. The molecule has 8 heteroatoms. The van der Waals surface area contributed by atoms with E-state index in [1.807, 2.05) is 0 Å². The van der Waals surface area contributed by atoms with Gasteiger partial charge in [-0.05, 0) is 25.0 Å². The van der Waals surface area contributed by atoms with E-state index in [2.05, 4.69) is 10.4 Å². The summed E-state index contributed by atoms with van der Waals surface area (Å²) in [6, 6.07) is 2.98. The third-order valence-corrected chi connectivity index (χ3v) is 3.32. The lowest BCUT2D eigenvalue weighted by atomic mass is 9.97. The van der Waals surface area contributed by atoms with Crippen LogP contribution in [0.4, 0.5) is 18.9 Å². The largest absolute Gasteiger partial charge is 0.393 e. The molecule has 1 aliphatic heterocycles. The van der Waals surface area contributed by atoms with Crippen molar-refractivity contribution in [1.82, 2.24) is 9.88 Å². The number of nitrogens with one attached hydrogen (secondary N) is 1. The molecular weight excluding hydrogens is 273 g/mol. The molecule has 0 saturated carbocycles. The number of nitrogens with two attached hydrogens (primary N) is 1. The van der Waals surface area contributed by atoms with E-state index in [0.717, 1.165) is 0 Å². The highest BCUT2D eigenvalue weighted by molar-refractivity contribution is 5.93. The fourth-order valence-electron chi connectivity index (χ4n) is 2.23. The molecular formula is C12H15F3N4O. The van der Waals surface area contributed by atoms with Gasteiger partial charge in [0.2, 0.25) is 0 Å². The summed E-state index contributed by atoms with van der Waals surface area (Å²) < 4.78 is 38.2. The van der Waals surface area contributed by atoms with Gasteiger partial charge in [0.1, 0.15) is 5.69 Å². The van der Waals surface area contributed by atoms with Crippen LogP contribution in [0.5, 0.6) is 0 Å². The maximum atomic E-state index is 12.7. The van der Waals surface area contributed by atoms with Crippen LogP contribution < -0.4 is 11.3 Å². The maximum Gasteiger partial charge on any atom is 0.393 e. The van der Waals surface area contributed by atoms with Crippen LogP contribution in [0, 0.1) is 5.92 Å². The molecule has 0 aromatic carbocycles. The summed E-state index contributed by atoms with van der Waals surface area (Å²) >= 11 is 0. The van der Waals surface area contributed by atoms with Crippen molar-refractivity contribution in [1.29, 1.82) is 0 Å². The van der Waals surface area contributed by atoms with Gasteiger partial charge in [-0.1, -0.05) is 0 Å². The van der Waals surface area contributed by atoms with Crippen LogP contribution in [0.1, 0.15) is 23.3 Å². The van der Waals surface area contributed by atoms with Gasteiger partial charge in [0, 0.05) is 19.3 Å². The van der Waals surface area contributed by atoms with Gasteiger partial charge in [-0.3, -0.25) is 15.6 Å². The molecule has 110 valence electrons. The molecule has 0 aliphatic carbocycles. The first-order valence-electron chi connectivity index (χ1n) is 6.20. The van der Waals surface area contributed by atoms with Crippen molar-refractivity contribution in [2.24, 2.45) is 11.8 Å². The summed E-state index contributed by atoms with van der Waals surface area (Å²) in [5.74, 6) is 3.26. The van der Waals surface area contributed by atoms with E-state index in [1.54, 1.807) is 6.07 Å². The number of rotatable bonds is 2. The zero-order valence-corrected chi connectivity index (χ0v) is 10.7. The number of hydrogen-bond donors (Lipinski definition) is 2.